The molecule has 0 spiro atoms. The number of rotatable bonds is 8. The van der Waals surface area contributed by atoms with Gasteiger partial charge in [-0.05, 0) is 42.6 Å². The lowest BCUT2D eigenvalue weighted by atomic mass is 10.0. The Hall–Kier alpha value is -1.32. The summed E-state index contributed by atoms with van der Waals surface area (Å²) in [5.41, 5.74) is 2.56. The first-order valence-corrected chi connectivity index (χ1v) is 8.10. The number of hydrogen-bond donors (Lipinski definition) is 1. The second-order valence-electron chi connectivity index (χ2n) is 5.30. The molecule has 0 radical (unpaired) electrons. The van der Waals surface area contributed by atoms with Crippen LogP contribution < -0.4 is 5.32 Å². The quantitative estimate of drug-likeness (QED) is 0.746. The van der Waals surface area contributed by atoms with Crippen LogP contribution in [0.2, 0.25) is 5.02 Å². The molecule has 0 unspecified atom stereocenters. The Balaban J connectivity index is 2.17. The average molecular weight is 306 g/mol. The van der Waals surface area contributed by atoms with Gasteiger partial charge in [0.2, 0.25) is 0 Å². The molecule has 1 N–H and O–H groups in total. The maximum Gasteiger partial charge on any atom is 0.113 e. The van der Waals surface area contributed by atoms with E-state index < -0.39 is 0 Å². The third kappa shape index (κ3) is 4.58. The summed E-state index contributed by atoms with van der Waals surface area (Å²) < 4.78 is 2.23. The van der Waals surface area contributed by atoms with Gasteiger partial charge < -0.3 is 9.88 Å². The molecule has 3 nitrogen and oxygen atoms in total. The minimum absolute atomic E-state index is 0.790. The van der Waals surface area contributed by atoms with Crippen molar-refractivity contribution in [2.45, 2.75) is 46.2 Å². The summed E-state index contributed by atoms with van der Waals surface area (Å²) in [6.07, 6.45) is 7.02. The van der Waals surface area contributed by atoms with Crippen LogP contribution in [0.3, 0.4) is 0 Å². The van der Waals surface area contributed by atoms with Gasteiger partial charge in [-0.25, -0.2) is 4.98 Å². The van der Waals surface area contributed by atoms with Gasteiger partial charge in [0, 0.05) is 36.9 Å². The Labute approximate surface area is 132 Å². The zero-order valence-corrected chi connectivity index (χ0v) is 13.7. The second-order valence-corrected chi connectivity index (χ2v) is 5.74. The molecule has 1 aromatic heterocycles. The standard InChI is InChI=1S/C17H24ClN3/c1-3-7-19-13-14-5-6-16(18)11-15(14)12-17-20-8-10-21(17)9-4-2/h5-6,8,10-11,19H,3-4,7,9,12-13H2,1-2H3. The largest absolute Gasteiger partial charge is 0.335 e. The molecule has 0 fully saturated rings. The number of nitrogens with zero attached hydrogens (tertiary/aromatic N) is 2. The number of nitrogens with one attached hydrogen (secondary N) is 1. The fourth-order valence-electron chi connectivity index (χ4n) is 2.45. The zero-order chi connectivity index (χ0) is 15.1. The van der Waals surface area contributed by atoms with Gasteiger partial charge in [0.1, 0.15) is 5.82 Å². The molecular formula is C17H24ClN3. The van der Waals surface area contributed by atoms with E-state index in [2.05, 4.69) is 47.0 Å². The van der Waals surface area contributed by atoms with E-state index in [1.54, 1.807) is 0 Å². The van der Waals surface area contributed by atoms with E-state index in [0.29, 0.717) is 0 Å². The van der Waals surface area contributed by atoms with Crippen LogP contribution in [0.4, 0.5) is 0 Å². The molecule has 0 aliphatic rings. The lowest BCUT2D eigenvalue weighted by molar-refractivity contribution is 0.642. The van der Waals surface area contributed by atoms with E-state index in [1.807, 2.05) is 12.3 Å². The van der Waals surface area contributed by atoms with Crippen LogP contribution in [-0.4, -0.2) is 16.1 Å². The molecule has 1 aromatic carbocycles. The third-order valence-electron chi connectivity index (χ3n) is 3.53. The predicted octanol–water partition coefficient (Wildman–Crippen LogP) is 4.04. The van der Waals surface area contributed by atoms with Crippen molar-refractivity contribution in [3.8, 4) is 0 Å². The van der Waals surface area contributed by atoms with Gasteiger partial charge in [0.25, 0.3) is 0 Å². The first kappa shape index (κ1) is 16.1. The topological polar surface area (TPSA) is 29.9 Å². The van der Waals surface area contributed by atoms with Crippen molar-refractivity contribution >= 4 is 11.6 Å². The highest BCUT2D eigenvalue weighted by Gasteiger charge is 2.08. The molecule has 0 bridgehead atoms. The highest BCUT2D eigenvalue weighted by Crippen LogP contribution is 2.19. The van der Waals surface area contributed by atoms with Crippen molar-refractivity contribution in [2.24, 2.45) is 0 Å². The molecule has 0 saturated carbocycles. The number of halogens is 1. The van der Waals surface area contributed by atoms with Gasteiger partial charge in [-0.2, -0.15) is 0 Å². The summed E-state index contributed by atoms with van der Waals surface area (Å²) in [6.45, 7) is 7.29. The minimum Gasteiger partial charge on any atom is -0.335 e. The Kier molecular flexibility index (Phi) is 6.27. The highest BCUT2D eigenvalue weighted by molar-refractivity contribution is 6.30. The van der Waals surface area contributed by atoms with Gasteiger partial charge in [-0.1, -0.05) is 31.5 Å². The first-order chi connectivity index (χ1) is 10.2. The lowest BCUT2D eigenvalue weighted by Crippen LogP contribution is -2.15. The van der Waals surface area contributed by atoms with Crippen molar-refractivity contribution in [1.29, 1.82) is 0 Å². The van der Waals surface area contributed by atoms with Crippen LogP contribution in [0, 0.1) is 0 Å². The van der Waals surface area contributed by atoms with E-state index in [1.165, 1.54) is 11.1 Å². The fraction of sp³-hybridized carbons (Fsp3) is 0.471. The lowest BCUT2D eigenvalue weighted by Gasteiger charge is -2.12. The summed E-state index contributed by atoms with van der Waals surface area (Å²) in [7, 11) is 0. The Bertz CT molecular complexity index is 563. The molecule has 114 valence electrons. The number of hydrogen-bond acceptors (Lipinski definition) is 2. The summed E-state index contributed by atoms with van der Waals surface area (Å²) >= 11 is 6.17. The summed E-state index contributed by atoms with van der Waals surface area (Å²) in [4.78, 5) is 4.50. The molecule has 2 rings (SSSR count). The molecular weight excluding hydrogens is 282 g/mol. The number of aromatic nitrogens is 2. The van der Waals surface area contributed by atoms with E-state index in [9.17, 15) is 0 Å². The predicted molar refractivity (Wildman–Crippen MR) is 88.8 cm³/mol. The van der Waals surface area contributed by atoms with Crippen LogP contribution in [0.1, 0.15) is 43.6 Å². The van der Waals surface area contributed by atoms with Crippen molar-refractivity contribution in [3.05, 3.63) is 52.6 Å². The smallest absolute Gasteiger partial charge is 0.113 e. The van der Waals surface area contributed by atoms with Crippen molar-refractivity contribution in [1.82, 2.24) is 14.9 Å². The maximum atomic E-state index is 6.17. The van der Waals surface area contributed by atoms with Gasteiger partial charge >= 0.3 is 0 Å². The normalized spacial score (nSPS) is 11.0. The van der Waals surface area contributed by atoms with Gasteiger partial charge in [0.15, 0.2) is 0 Å². The summed E-state index contributed by atoms with van der Waals surface area (Å²) in [6, 6.07) is 6.15. The fourth-order valence-corrected chi connectivity index (χ4v) is 2.65. The summed E-state index contributed by atoms with van der Waals surface area (Å²) in [5.74, 6) is 1.11. The van der Waals surface area contributed by atoms with Crippen molar-refractivity contribution in [3.63, 3.8) is 0 Å². The van der Waals surface area contributed by atoms with Crippen LogP contribution in [0.15, 0.2) is 30.6 Å². The molecule has 0 aliphatic heterocycles. The molecule has 0 aliphatic carbocycles. The second kappa shape index (κ2) is 8.20. The van der Waals surface area contributed by atoms with E-state index in [4.69, 9.17) is 11.6 Å². The van der Waals surface area contributed by atoms with E-state index >= 15 is 0 Å². The molecule has 21 heavy (non-hydrogen) atoms. The van der Waals surface area contributed by atoms with E-state index in [-0.39, 0.29) is 0 Å². The average Bonchev–Trinajstić information content (AvgIpc) is 2.89. The Morgan fingerprint density at radius 2 is 2.05 bits per heavy atom. The van der Waals surface area contributed by atoms with Crippen LogP contribution in [-0.2, 0) is 19.5 Å². The maximum absolute atomic E-state index is 6.17. The SMILES string of the molecule is CCCNCc1ccc(Cl)cc1Cc1nccn1CCC. The number of benzene rings is 1. The first-order valence-electron chi connectivity index (χ1n) is 7.72. The van der Waals surface area contributed by atoms with Crippen LogP contribution in [0.5, 0.6) is 0 Å². The molecule has 0 amide bonds. The summed E-state index contributed by atoms with van der Waals surface area (Å²) in [5, 5.41) is 4.25. The van der Waals surface area contributed by atoms with Gasteiger partial charge in [-0.3, -0.25) is 0 Å². The highest BCUT2D eigenvalue weighted by atomic mass is 35.5. The van der Waals surface area contributed by atoms with Gasteiger partial charge in [0.05, 0.1) is 0 Å². The Morgan fingerprint density at radius 1 is 1.19 bits per heavy atom. The van der Waals surface area contributed by atoms with Crippen LogP contribution >= 0.6 is 11.6 Å². The number of aryl methyl sites for hydroxylation is 1. The number of imidazole rings is 1. The monoisotopic (exact) mass is 305 g/mol. The van der Waals surface area contributed by atoms with Crippen molar-refractivity contribution < 1.29 is 0 Å². The third-order valence-corrected chi connectivity index (χ3v) is 3.76. The molecule has 0 atom stereocenters. The van der Waals surface area contributed by atoms with Crippen molar-refractivity contribution in [2.75, 3.05) is 6.54 Å². The zero-order valence-electron chi connectivity index (χ0n) is 12.9. The molecule has 4 heteroatoms. The molecule has 0 saturated heterocycles. The van der Waals surface area contributed by atoms with Crippen LogP contribution in [0.25, 0.3) is 0 Å². The van der Waals surface area contributed by atoms with E-state index in [0.717, 1.165) is 49.7 Å². The van der Waals surface area contributed by atoms with Gasteiger partial charge in [-0.15, -0.1) is 0 Å². The molecule has 1 heterocycles. The minimum atomic E-state index is 0.790. The molecule has 2 aromatic rings. The Morgan fingerprint density at radius 3 is 2.81 bits per heavy atom.